The van der Waals surface area contributed by atoms with Crippen molar-refractivity contribution in [1.82, 2.24) is 0 Å². The molecule has 2 aromatic carbocycles. The second-order valence-corrected chi connectivity index (χ2v) is 19.8. The summed E-state index contributed by atoms with van der Waals surface area (Å²) in [6.45, 7) is 14.1. The normalized spacial score (nSPS) is 13.4. The van der Waals surface area contributed by atoms with Gasteiger partial charge in [-0.25, -0.2) is 0 Å². The van der Waals surface area contributed by atoms with Crippen LogP contribution in [0.2, 0.25) is 44.4 Å². The molecule has 23 heavy (non-hydrogen) atoms. The summed E-state index contributed by atoms with van der Waals surface area (Å²) in [6.07, 6.45) is 0. The van der Waals surface area contributed by atoms with Crippen LogP contribution < -0.4 is 5.11 Å². The summed E-state index contributed by atoms with van der Waals surface area (Å²) in [5, 5.41) is 14.8. The molecular weight excluding hydrogens is 312 g/mol. The van der Waals surface area contributed by atoms with Crippen molar-refractivity contribution < 1.29 is 5.11 Å². The Morgan fingerprint density at radius 2 is 0.957 bits per heavy atom. The van der Waals surface area contributed by atoms with Gasteiger partial charge in [0.15, 0.2) is 0 Å². The fraction of sp³-hybridized carbons (Fsp3) is 0.400. The van der Waals surface area contributed by atoms with E-state index < -0.39 is 21.7 Å². The van der Waals surface area contributed by atoms with Gasteiger partial charge in [0.05, 0.1) is 0 Å². The molecule has 0 aromatic heterocycles. The zero-order valence-corrected chi connectivity index (χ0v) is 17.3. The second kappa shape index (κ2) is 6.38. The summed E-state index contributed by atoms with van der Waals surface area (Å²) in [5.41, 5.74) is 0.680. The fourth-order valence-corrected chi connectivity index (χ4v) is 17.9. The Balaban J connectivity index is 2.77. The van der Waals surface area contributed by atoms with E-state index in [1.54, 1.807) is 0 Å². The van der Waals surface area contributed by atoms with Crippen LogP contribution >= 0.6 is 0 Å². The molecule has 0 heterocycles. The molecule has 0 aliphatic carbocycles. The zero-order chi connectivity index (χ0) is 17.3. The molecule has 0 radical (unpaired) electrons. The lowest BCUT2D eigenvalue weighted by Crippen LogP contribution is -2.61. The van der Waals surface area contributed by atoms with E-state index in [0.29, 0.717) is 0 Å². The highest BCUT2D eigenvalue weighted by atomic mass is 28.4. The van der Waals surface area contributed by atoms with E-state index >= 15 is 0 Å². The maximum absolute atomic E-state index is 14.6. The highest BCUT2D eigenvalue weighted by Crippen LogP contribution is 2.48. The van der Waals surface area contributed by atoms with Gasteiger partial charge in [0.2, 0.25) is 0 Å². The van der Waals surface area contributed by atoms with Crippen molar-refractivity contribution in [3.05, 3.63) is 71.8 Å². The molecule has 0 saturated carbocycles. The molecule has 0 fully saturated rings. The topological polar surface area (TPSA) is 23.1 Å². The smallest absolute Gasteiger partial charge is 0.0445 e. The van der Waals surface area contributed by atoms with Crippen LogP contribution in [0.3, 0.4) is 0 Å². The molecule has 0 N–H and O–H groups in total. The van der Waals surface area contributed by atoms with Crippen molar-refractivity contribution >= 4 is 16.1 Å². The molecule has 0 aliphatic rings. The van der Waals surface area contributed by atoms with Crippen LogP contribution in [0, 0.1) is 0 Å². The third-order valence-corrected chi connectivity index (χ3v) is 14.0. The van der Waals surface area contributed by atoms with Gasteiger partial charge in [-0.15, -0.1) is 0 Å². The first-order chi connectivity index (χ1) is 10.6. The SMILES string of the molecule is C[Si](C)(C)C(C([O-])(c1ccccc1)c1ccccc1)[Si](C)(C)C. The quantitative estimate of drug-likeness (QED) is 0.711. The Bertz CT molecular complexity index is 571. The maximum Gasteiger partial charge on any atom is 0.0445 e. The molecule has 0 aliphatic heterocycles. The molecule has 0 unspecified atom stereocenters. The molecule has 124 valence electrons. The summed E-state index contributed by atoms with van der Waals surface area (Å²) >= 11 is 0. The van der Waals surface area contributed by atoms with Crippen LogP contribution in [-0.2, 0) is 5.60 Å². The third-order valence-electron chi connectivity index (χ3n) is 4.54. The third kappa shape index (κ3) is 3.68. The molecule has 0 bridgehead atoms. The van der Waals surface area contributed by atoms with E-state index in [1.165, 1.54) is 0 Å². The van der Waals surface area contributed by atoms with Crippen molar-refractivity contribution in [2.24, 2.45) is 0 Å². The molecule has 2 rings (SSSR count). The molecule has 0 saturated heterocycles. The monoisotopic (exact) mass is 341 g/mol. The van der Waals surface area contributed by atoms with Crippen molar-refractivity contribution in [2.75, 3.05) is 0 Å². The average molecular weight is 342 g/mol. The minimum atomic E-state index is -1.67. The summed E-state index contributed by atoms with van der Waals surface area (Å²) in [6, 6.07) is 20.1. The lowest BCUT2D eigenvalue weighted by Gasteiger charge is -2.58. The van der Waals surface area contributed by atoms with Gasteiger partial charge < -0.3 is 5.11 Å². The summed E-state index contributed by atoms with van der Waals surface area (Å²) in [5.74, 6) is 0. The Kier molecular flexibility index (Phi) is 5.04. The van der Waals surface area contributed by atoms with Crippen molar-refractivity contribution in [2.45, 2.75) is 50.0 Å². The van der Waals surface area contributed by atoms with Gasteiger partial charge in [-0.1, -0.05) is 122 Å². The second-order valence-electron chi connectivity index (χ2n) is 8.63. The highest BCUT2D eigenvalue weighted by molar-refractivity contribution is 6.96. The van der Waals surface area contributed by atoms with Gasteiger partial charge in [0.1, 0.15) is 0 Å². The lowest BCUT2D eigenvalue weighted by atomic mass is 9.87. The van der Waals surface area contributed by atoms with Crippen molar-refractivity contribution in [3.63, 3.8) is 0 Å². The molecule has 1 nitrogen and oxygen atoms in total. The van der Waals surface area contributed by atoms with Crippen LogP contribution in [0.4, 0.5) is 0 Å². The van der Waals surface area contributed by atoms with Crippen LogP contribution in [0.5, 0.6) is 0 Å². The van der Waals surface area contributed by atoms with E-state index in [0.717, 1.165) is 11.1 Å². The van der Waals surface area contributed by atoms with E-state index in [2.05, 4.69) is 39.3 Å². The summed E-state index contributed by atoms with van der Waals surface area (Å²) in [7, 11) is -3.35. The Labute approximate surface area is 143 Å². The molecule has 0 amide bonds. The van der Waals surface area contributed by atoms with Gasteiger partial charge in [-0.3, -0.25) is 0 Å². The van der Waals surface area contributed by atoms with Crippen molar-refractivity contribution in [3.8, 4) is 0 Å². The summed E-state index contributed by atoms with van der Waals surface area (Å²) in [4.78, 5) is 0. The highest BCUT2D eigenvalue weighted by Gasteiger charge is 2.46. The Morgan fingerprint density at radius 3 is 1.22 bits per heavy atom. The number of hydrogen-bond donors (Lipinski definition) is 0. The van der Waals surface area contributed by atoms with Gasteiger partial charge in [0.25, 0.3) is 0 Å². The maximum atomic E-state index is 14.6. The molecule has 2 aromatic rings. The first-order valence-electron chi connectivity index (χ1n) is 8.39. The Hall–Kier alpha value is -1.17. The minimum Gasteiger partial charge on any atom is -0.843 e. The first-order valence-corrected chi connectivity index (χ1v) is 15.5. The lowest BCUT2D eigenvalue weighted by molar-refractivity contribution is -0.468. The average Bonchev–Trinajstić information content (AvgIpc) is 2.46. The molecular formula is C20H29OSi2-. The minimum absolute atomic E-state index is 0.215. The van der Waals surface area contributed by atoms with Gasteiger partial charge >= 0.3 is 0 Å². The number of rotatable bonds is 5. The standard InChI is InChI=1S/C20H29OSi2/c1-22(2,3)19(23(4,5)6)20(21,17-13-9-7-10-14-17)18-15-11-8-12-16-18/h7-16,19H,1-6H3/q-1. The predicted molar refractivity (Wildman–Crippen MR) is 104 cm³/mol. The van der Waals surface area contributed by atoms with E-state index in [1.807, 2.05) is 60.7 Å². The Morgan fingerprint density at radius 1 is 0.652 bits per heavy atom. The number of benzene rings is 2. The van der Waals surface area contributed by atoms with Crippen molar-refractivity contribution in [1.29, 1.82) is 0 Å². The predicted octanol–water partition coefficient (Wildman–Crippen LogP) is 4.88. The zero-order valence-electron chi connectivity index (χ0n) is 15.3. The van der Waals surface area contributed by atoms with Gasteiger partial charge in [-0.2, -0.15) is 0 Å². The first kappa shape index (κ1) is 18.2. The van der Waals surface area contributed by atoms with E-state index in [-0.39, 0.29) is 5.16 Å². The van der Waals surface area contributed by atoms with Crippen LogP contribution in [0.1, 0.15) is 11.1 Å². The van der Waals surface area contributed by atoms with Gasteiger partial charge in [-0.05, 0) is 0 Å². The van der Waals surface area contributed by atoms with E-state index in [4.69, 9.17) is 0 Å². The molecule has 0 spiro atoms. The van der Waals surface area contributed by atoms with E-state index in [9.17, 15) is 5.11 Å². The van der Waals surface area contributed by atoms with Crippen LogP contribution in [-0.4, -0.2) is 16.1 Å². The van der Waals surface area contributed by atoms with Crippen LogP contribution in [0.25, 0.3) is 0 Å². The number of hydrogen-bond acceptors (Lipinski definition) is 1. The van der Waals surface area contributed by atoms with Gasteiger partial charge in [0, 0.05) is 16.1 Å². The fourth-order valence-electron chi connectivity index (χ4n) is 4.39. The molecule has 3 heteroatoms. The summed E-state index contributed by atoms with van der Waals surface area (Å²) < 4.78 is 0. The van der Waals surface area contributed by atoms with Crippen LogP contribution in [0.15, 0.2) is 60.7 Å². The largest absolute Gasteiger partial charge is 0.843 e. The molecule has 0 atom stereocenters.